The van der Waals surface area contributed by atoms with Crippen LogP contribution in [0.1, 0.15) is 47.8 Å². The Bertz CT molecular complexity index is 483. The Morgan fingerprint density at radius 1 is 1.44 bits per heavy atom. The van der Waals surface area contributed by atoms with E-state index in [1.165, 1.54) is 11.1 Å². The molecule has 2 heterocycles. The number of benzene rings is 1. The molecule has 2 atom stereocenters. The van der Waals surface area contributed by atoms with Crippen molar-refractivity contribution in [2.24, 2.45) is 0 Å². The second-order valence-corrected chi connectivity index (χ2v) is 5.36. The molecular formula is C15H20N2O. The molecule has 18 heavy (non-hydrogen) atoms. The largest absolute Gasteiger partial charge is 0.329 e. The normalized spacial score (nSPS) is 26.1. The number of piperazine rings is 1. The quantitative estimate of drug-likeness (QED) is 0.864. The van der Waals surface area contributed by atoms with Crippen molar-refractivity contribution in [2.75, 3.05) is 13.1 Å². The molecule has 1 aromatic carbocycles. The molecule has 0 radical (unpaired) electrons. The molecule has 3 nitrogen and oxygen atoms in total. The van der Waals surface area contributed by atoms with Crippen LogP contribution in [0.2, 0.25) is 0 Å². The Morgan fingerprint density at radius 3 is 3.06 bits per heavy atom. The number of carbonyl (C=O) groups excluding carboxylic acids is 1. The SMILES string of the molecule is CCCc1ccc2c(c1)C(=O)N1CCNC(C)C21. The van der Waals surface area contributed by atoms with Crippen LogP contribution >= 0.6 is 0 Å². The summed E-state index contributed by atoms with van der Waals surface area (Å²) in [5, 5.41) is 3.46. The van der Waals surface area contributed by atoms with Gasteiger partial charge in [0.15, 0.2) is 0 Å². The first-order valence-electron chi connectivity index (χ1n) is 6.89. The Balaban J connectivity index is 2.02. The van der Waals surface area contributed by atoms with Gasteiger partial charge in [0.2, 0.25) is 0 Å². The molecule has 1 aromatic rings. The van der Waals surface area contributed by atoms with Crippen molar-refractivity contribution < 1.29 is 4.79 Å². The summed E-state index contributed by atoms with van der Waals surface area (Å²) in [5.41, 5.74) is 3.42. The first kappa shape index (κ1) is 11.7. The summed E-state index contributed by atoms with van der Waals surface area (Å²) in [5.74, 6) is 0.223. The lowest BCUT2D eigenvalue weighted by Gasteiger charge is -2.36. The fraction of sp³-hybridized carbons (Fsp3) is 0.533. The van der Waals surface area contributed by atoms with E-state index in [9.17, 15) is 4.79 Å². The van der Waals surface area contributed by atoms with Crippen LogP contribution in [-0.4, -0.2) is 29.9 Å². The summed E-state index contributed by atoms with van der Waals surface area (Å²) in [6.45, 7) is 6.06. The molecule has 1 N–H and O–H groups in total. The van der Waals surface area contributed by atoms with Gasteiger partial charge in [-0.3, -0.25) is 4.79 Å². The van der Waals surface area contributed by atoms with E-state index in [1.807, 2.05) is 4.90 Å². The molecule has 0 bridgehead atoms. The third-order valence-electron chi connectivity index (χ3n) is 4.09. The highest BCUT2D eigenvalue weighted by atomic mass is 16.2. The average molecular weight is 244 g/mol. The minimum Gasteiger partial charge on any atom is -0.329 e. The number of amides is 1. The minimum absolute atomic E-state index is 0.223. The number of hydrogen-bond acceptors (Lipinski definition) is 2. The third-order valence-corrected chi connectivity index (χ3v) is 4.09. The molecule has 2 aliphatic rings. The Hall–Kier alpha value is -1.35. The summed E-state index contributed by atoms with van der Waals surface area (Å²) in [6, 6.07) is 7.02. The van der Waals surface area contributed by atoms with Gasteiger partial charge in [-0.2, -0.15) is 0 Å². The summed E-state index contributed by atoms with van der Waals surface area (Å²) >= 11 is 0. The van der Waals surface area contributed by atoms with Crippen molar-refractivity contribution in [3.05, 3.63) is 34.9 Å². The molecule has 0 spiro atoms. The van der Waals surface area contributed by atoms with Crippen LogP contribution in [0.3, 0.4) is 0 Å². The smallest absolute Gasteiger partial charge is 0.254 e. The highest BCUT2D eigenvalue weighted by molar-refractivity contribution is 5.99. The molecule has 96 valence electrons. The molecule has 1 amide bonds. The van der Waals surface area contributed by atoms with E-state index in [2.05, 4.69) is 37.4 Å². The topological polar surface area (TPSA) is 32.3 Å². The minimum atomic E-state index is 0.223. The predicted octanol–water partition coefficient (Wildman–Crippen LogP) is 2.13. The van der Waals surface area contributed by atoms with E-state index in [0.29, 0.717) is 6.04 Å². The number of nitrogens with one attached hydrogen (secondary N) is 1. The van der Waals surface area contributed by atoms with E-state index >= 15 is 0 Å². The molecular weight excluding hydrogens is 224 g/mol. The van der Waals surface area contributed by atoms with E-state index < -0.39 is 0 Å². The van der Waals surface area contributed by atoms with Crippen LogP contribution in [-0.2, 0) is 6.42 Å². The van der Waals surface area contributed by atoms with Gasteiger partial charge in [0, 0.05) is 24.7 Å². The molecule has 1 saturated heterocycles. The second kappa shape index (κ2) is 4.39. The number of rotatable bonds is 2. The van der Waals surface area contributed by atoms with Gasteiger partial charge in [-0.05, 0) is 30.5 Å². The Morgan fingerprint density at radius 2 is 2.28 bits per heavy atom. The Labute approximate surface area is 108 Å². The maximum absolute atomic E-state index is 12.4. The highest BCUT2D eigenvalue weighted by Crippen LogP contribution is 2.37. The fourth-order valence-corrected chi connectivity index (χ4v) is 3.24. The summed E-state index contributed by atoms with van der Waals surface area (Å²) in [7, 11) is 0. The van der Waals surface area contributed by atoms with Crippen LogP contribution in [0.4, 0.5) is 0 Å². The zero-order valence-electron chi connectivity index (χ0n) is 11.1. The van der Waals surface area contributed by atoms with E-state index in [4.69, 9.17) is 0 Å². The van der Waals surface area contributed by atoms with E-state index in [-0.39, 0.29) is 11.9 Å². The number of hydrogen-bond donors (Lipinski definition) is 1. The maximum Gasteiger partial charge on any atom is 0.254 e. The molecule has 0 aliphatic carbocycles. The van der Waals surface area contributed by atoms with Crippen LogP contribution in [0.25, 0.3) is 0 Å². The first-order valence-corrected chi connectivity index (χ1v) is 6.89. The second-order valence-electron chi connectivity index (χ2n) is 5.36. The molecule has 2 unspecified atom stereocenters. The molecule has 0 aromatic heterocycles. The lowest BCUT2D eigenvalue weighted by molar-refractivity contribution is 0.0640. The van der Waals surface area contributed by atoms with Crippen molar-refractivity contribution >= 4 is 5.91 Å². The van der Waals surface area contributed by atoms with Gasteiger partial charge in [0.25, 0.3) is 5.91 Å². The third kappa shape index (κ3) is 1.65. The maximum atomic E-state index is 12.4. The number of aryl methyl sites for hydroxylation is 1. The molecule has 2 aliphatic heterocycles. The lowest BCUT2D eigenvalue weighted by Crippen LogP contribution is -2.50. The van der Waals surface area contributed by atoms with Gasteiger partial charge in [0.1, 0.15) is 0 Å². The van der Waals surface area contributed by atoms with Gasteiger partial charge in [-0.25, -0.2) is 0 Å². The van der Waals surface area contributed by atoms with Crippen molar-refractivity contribution in [1.29, 1.82) is 0 Å². The average Bonchev–Trinajstić information content (AvgIpc) is 2.65. The van der Waals surface area contributed by atoms with Crippen LogP contribution in [0.15, 0.2) is 18.2 Å². The predicted molar refractivity (Wildman–Crippen MR) is 71.7 cm³/mol. The fourth-order valence-electron chi connectivity index (χ4n) is 3.24. The van der Waals surface area contributed by atoms with Gasteiger partial charge < -0.3 is 10.2 Å². The first-order chi connectivity index (χ1) is 8.72. The Kier molecular flexibility index (Phi) is 2.86. The van der Waals surface area contributed by atoms with Crippen molar-refractivity contribution in [3.8, 4) is 0 Å². The van der Waals surface area contributed by atoms with E-state index in [0.717, 1.165) is 31.5 Å². The van der Waals surface area contributed by atoms with Crippen LogP contribution < -0.4 is 5.32 Å². The van der Waals surface area contributed by atoms with Crippen molar-refractivity contribution in [3.63, 3.8) is 0 Å². The van der Waals surface area contributed by atoms with Gasteiger partial charge in [0.05, 0.1) is 6.04 Å². The standard InChI is InChI=1S/C15H20N2O/c1-3-4-11-5-6-12-13(9-11)15(18)17-8-7-16-10(2)14(12)17/h5-6,9-10,14,16H,3-4,7-8H2,1-2H3. The summed E-state index contributed by atoms with van der Waals surface area (Å²) in [4.78, 5) is 14.5. The monoisotopic (exact) mass is 244 g/mol. The van der Waals surface area contributed by atoms with E-state index in [1.54, 1.807) is 0 Å². The van der Waals surface area contributed by atoms with Crippen molar-refractivity contribution in [2.45, 2.75) is 38.8 Å². The molecule has 0 saturated carbocycles. The number of carbonyl (C=O) groups is 1. The zero-order valence-corrected chi connectivity index (χ0v) is 11.1. The van der Waals surface area contributed by atoms with Crippen molar-refractivity contribution in [1.82, 2.24) is 10.2 Å². The summed E-state index contributed by atoms with van der Waals surface area (Å²) in [6.07, 6.45) is 2.18. The summed E-state index contributed by atoms with van der Waals surface area (Å²) < 4.78 is 0. The molecule has 1 fully saturated rings. The number of fused-ring (bicyclic) bond motifs is 3. The van der Waals surface area contributed by atoms with Crippen LogP contribution in [0.5, 0.6) is 0 Å². The van der Waals surface area contributed by atoms with Gasteiger partial charge in [-0.15, -0.1) is 0 Å². The van der Waals surface area contributed by atoms with Gasteiger partial charge in [-0.1, -0.05) is 25.5 Å². The lowest BCUT2D eigenvalue weighted by atomic mass is 9.96. The highest BCUT2D eigenvalue weighted by Gasteiger charge is 2.41. The molecule has 3 heteroatoms. The van der Waals surface area contributed by atoms with Crippen LogP contribution in [0, 0.1) is 0 Å². The molecule has 3 rings (SSSR count). The zero-order chi connectivity index (χ0) is 12.7. The van der Waals surface area contributed by atoms with Gasteiger partial charge >= 0.3 is 0 Å². The number of nitrogens with zero attached hydrogens (tertiary/aromatic N) is 1.